The third-order valence-corrected chi connectivity index (χ3v) is 5.39. The lowest BCUT2D eigenvalue weighted by Gasteiger charge is -2.29. The molecule has 1 heterocycles. The fraction of sp³-hybridized carbons (Fsp3) is 0.320. The van der Waals surface area contributed by atoms with Crippen LogP contribution >= 0.6 is 0 Å². The number of carbonyl (C=O) groups excluding carboxylic acids is 1. The summed E-state index contributed by atoms with van der Waals surface area (Å²) in [7, 11) is 3.34. The summed E-state index contributed by atoms with van der Waals surface area (Å²) >= 11 is 0. The summed E-state index contributed by atoms with van der Waals surface area (Å²) in [5.74, 6) is 0.298. The molecule has 3 aromatic rings. The summed E-state index contributed by atoms with van der Waals surface area (Å²) in [5, 5.41) is 0. The molecular weight excluding hydrogens is 434 g/mol. The molecule has 2 aromatic carbocycles. The van der Waals surface area contributed by atoms with Gasteiger partial charge >= 0.3 is 5.69 Å². The summed E-state index contributed by atoms with van der Waals surface area (Å²) in [5.41, 5.74) is 6.58. The maximum atomic E-state index is 13.5. The quantitative estimate of drug-likeness (QED) is 0.501. The van der Waals surface area contributed by atoms with Crippen molar-refractivity contribution in [3.63, 3.8) is 0 Å². The molecule has 9 nitrogen and oxygen atoms in total. The van der Waals surface area contributed by atoms with E-state index < -0.39 is 11.2 Å². The zero-order valence-corrected chi connectivity index (χ0v) is 19.9. The summed E-state index contributed by atoms with van der Waals surface area (Å²) in [6, 6.07) is 16.6. The van der Waals surface area contributed by atoms with E-state index in [4.69, 9.17) is 10.5 Å². The number of nitrogens with one attached hydrogen (secondary N) is 1. The predicted molar refractivity (Wildman–Crippen MR) is 135 cm³/mol. The second kappa shape index (κ2) is 10.7. The van der Waals surface area contributed by atoms with E-state index in [2.05, 4.69) is 4.98 Å². The minimum atomic E-state index is -0.694. The molecule has 0 bridgehead atoms. The number of rotatable bonds is 9. The molecule has 180 valence electrons. The van der Waals surface area contributed by atoms with Gasteiger partial charge in [-0.1, -0.05) is 56.3 Å². The van der Waals surface area contributed by atoms with Crippen molar-refractivity contribution in [2.24, 2.45) is 5.92 Å². The molecule has 0 saturated heterocycles. The van der Waals surface area contributed by atoms with Gasteiger partial charge in [0.05, 0.1) is 25.9 Å². The first-order chi connectivity index (χ1) is 16.2. The standard InChI is InChI=1S/C25H31N5O4/c1-17(2)14-29(21(31)16-28(3)19-12-8-9-13-20(19)34-4)22-23(26)30(25(33)27-24(22)32)15-18-10-6-5-7-11-18/h5-13,17H,14-16,26H2,1-4H3,(H,27,32,33). The van der Waals surface area contributed by atoms with Crippen molar-refractivity contribution in [3.8, 4) is 5.75 Å². The lowest BCUT2D eigenvalue weighted by Crippen LogP contribution is -2.46. The molecule has 3 N–H and O–H groups in total. The van der Waals surface area contributed by atoms with E-state index in [0.29, 0.717) is 5.75 Å². The van der Waals surface area contributed by atoms with Crippen LogP contribution in [0.4, 0.5) is 17.2 Å². The Kier molecular flexibility index (Phi) is 7.78. The highest BCUT2D eigenvalue weighted by atomic mass is 16.5. The smallest absolute Gasteiger partial charge is 0.330 e. The van der Waals surface area contributed by atoms with Crippen molar-refractivity contribution >= 4 is 23.1 Å². The molecule has 0 saturated carbocycles. The van der Waals surface area contributed by atoms with Crippen LogP contribution in [0.1, 0.15) is 19.4 Å². The molecule has 34 heavy (non-hydrogen) atoms. The number of aromatic amines is 1. The molecule has 0 atom stereocenters. The Balaban J connectivity index is 2.00. The molecule has 0 unspecified atom stereocenters. The van der Waals surface area contributed by atoms with Crippen LogP contribution in [-0.2, 0) is 11.3 Å². The number of nitrogens with two attached hydrogens (primary N) is 1. The van der Waals surface area contributed by atoms with Crippen LogP contribution in [0.15, 0.2) is 64.2 Å². The second-order valence-electron chi connectivity index (χ2n) is 8.49. The molecule has 9 heteroatoms. The van der Waals surface area contributed by atoms with Crippen LogP contribution < -0.4 is 31.5 Å². The van der Waals surface area contributed by atoms with Gasteiger partial charge in [-0.15, -0.1) is 0 Å². The number of benzene rings is 2. The van der Waals surface area contributed by atoms with Crippen molar-refractivity contribution in [1.82, 2.24) is 9.55 Å². The van der Waals surface area contributed by atoms with Crippen LogP contribution in [0.5, 0.6) is 5.75 Å². The highest BCUT2D eigenvalue weighted by Gasteiger charge is 2.26. The monoisotopic (exact) mass is 465 g/mol. The van der Waals surface area contributed by atoms with Gasteiger partial charge in [0, 0.05) is 13.6 Å². The van der Waals surface area contributed by atoms with Gasteiger partial charge in [-0.2, -0.15) is 0 Å². The number of methoxy groups -OCH3 is 1. The van der Waals surface area contributed by atoms with Gasteiger partial charge in [0.25, 0.3) is 5.56 Å². The topological polar surface area (TPSA) is 114 Å². The minimum absolute atomic E-state index is 0.0240. The number of anilines is 3. The molecule has 0 fully saturated rings. The largest absolute Gasteiger partial charge is 0.495 e. The normalized spacial score (nSPS) is 10.9. The number of para-hydroxylation sites is 2. The number of nitrogens with zero attached hydrogens (tertiary/aromatic N) is 3. The highest BCUT2D eigenvalue weighted by Crippen LogP contribution is 2.27. The van der Waals surface area contributed by atoms with Gasteiger partial charge in [0.15, 0.2) is 5.69 Å². The summed E-state index contributed by atoms with van der Waals surface area (Å²) in [6.07, 6.45) is 0. The van der Waals surface area contributed by atoms with Crippen LogP contribution in [0.3, 0.4) is 0 Å². The van der Waals surface area contributed by atoms with Gasteiger partial charge in [0.1, 0.15) is 11.6 Å². The Morgan fingerprint density at radius 3 is 2.38 bits per heavy atom. The Morgan fingerprint density at radius 2 is 1.74 bits per heavy atom. The van der Waals surface area contributed by atoms with E-state index >= 15 is 0 Å². The second-order valence-corrected chi connectivity index (χ2v) is 8.49. The lowest BCUT2D eigenvalue weighted by atomic mass is 10.2. The maximum absolute atomic E-state index is 13.5. The summed E-state index contributed by atoms with van der Waals surface area (Å²) in [6.45, 7) is 4.28. The zero-order valence-electron chi connectivity index (χ0n) is 19.9. The van der Waals surface area contributed by atoms with Crippen LogP contribution in [-0.4, -0.2) is 42.7 Å². The minimum Gasteiger partial charge on any atom is -0.495 e. The summed E-state index contributed by atoms with van der Waals surface area (Å²) < 4.78 is 6.68. The number of hydrogen-bond donors (Lipinski definition) is 2. The molecule has 0 aliphatic rings. The highest BCUT2D eigenvalue weighted by molar-refractivity contribution is 5.98. The van der Waals surface area contributed by atoms with Gasteiger partial charge in [-0.3, -0.25) is 19.1 Å². The van der Waals surface area contributed by atoms with Gasteiger partial charge in [-0.05, 0) is 23.6 Å². The Morgan fingerprint density at radius 1 is 1.09 bits per heavy atom. The van der Waals surface area contributed by atoms with E-state index in [9.17, 15) is 14.4 Å². The van der Waals surface area contributed by atoms with Crippen molar-refractivity contribution in [3.05, 3.63) is 81.0 Å². The zero-order chi connectivity index (χ0) is 24.8. The van der Waals surface area contributed by atoms with Crippen molar-refractivity contribution in [2.75, 3.05) is 42.8 Å². The lowest BCUT2D eigenvalue weighted by molar-refractivity contribution is -0.117. The first-order valence-corrected chi connectivity index (χ1v) is 11.0. The number of nitrogen functional groups attached to an aromatic ring is 1. The van der Waals surface area contributed by atoms with E-state index in [1.54, 1.807) is 19.1 Å². The SMILES string of the molecule is COc1ccccc1N(C)CC(=O)N(CC(C)C)c1c(N)n(Cc2ccccc2)c(=O)[nH]c1=O. The van der Waals surface area contributed by atoms with E-state index in [-0.39, 0.29) is 43.0 Å². The van der Waals surface area contributed by atoms with Gasteiger partial charge in [0.2, 0.25) is 5.91 Å². The Hall–Kier alpha value is -4.01. The number of amides is 1. The molecule has 0 spiro atoms. The number of aromatic nitrogens is 2. The first kappa shape index (κ1) is 24.6. The van der Waals surface area contributed by atoms with E-state index in [0.717, 1.165) is 11.3 Å². The van der Waals surface area contributed by atoms with E-state index in [1.807, 2.05) is 68.4 Å². The average molecular weight is 466 g/mol. The fourth-order valence-corrected chi connectivity index (χ4v) is 3.76. The molecular formula is C25H31N5O4. The number of carbonyl (C=O) groups is 1. The molecule has 0 aliphatic carbocycles. The number of H-pyrrole nitrogens is 1. The average Bonchev–Trinajstić information content (AvgIpc) is 2.81. The number of hydrogen-bond acceptors (Lipinski definition) is 6. The fourth-order valence-electron chi connectivity index (χ4n) is 3.76. The molecule has 1 aromatic heterocycles. The number of likely N-dealkylation sites (N-methyl/N-ethyl adjacent to an activating group) is 1. The maximum Gasteiger partial charge on any atom is 0.330 e. The number of ether oxygens (including phenoxy) is 1. The molecule has 3 rings (SSSR count). The molecule has 0 radical (unpaired) electrons. The molecule has 0 aliphatic heterocycles. The van der Waals surface area contributed by atoms with Gasteiger partial charge in [-0.25, -0.2) is 4.79 Å². The first-order valence-electron chi connectivity index (χ1n) is 11.0. The van der Waals surface area contributed by atoms with Crippen LogP contribution in [0, 0.1) is 5.92 Å². The third kappa shape index (κ3) is 5.48. The van der Waals surface area contributed by atoms with Crippen molar-refractivity contribution in [2.45, 2.75) is 20.4 Å². The summed E-state index contributed by atoms with van der Waals surface area (Å²) in [4.78, 5) is 44.3. The Labute approximate surface area is 198 Å². The van der Waals surface area contributed by atoms with Crippen molar-refractivity contribution < 1.29 is 9.53 Å². The van der Waals surface area contributed by atoms with Gasteiger partial charge < -0.3 is 20.3 Å². The van der Waals surface area contributed by atoms with Crippen LogP contribution in [0.2, 0.25) is 0 Å². The molecule has 1 amide bonds. The predicted octanol–water partition coefficient (Wildman–Crippen LogP) is 2.30. The van der Waals surface area contributed by atoms with Crippen molar-refractivity contribution in [1.29, 1.82) is 0 Å². The van der Waals surface area contributed by atoms with Crippen LogP contribution in [0.25, 0.3) is 0 Å². The van der Waals surface area contributed by atoms with E-state index in [1.165, 1.54) is 9.47 Å². The third-order valence-electron chi connectivity index (χ3n) is 5.39. The Bertz CT molecular complexity index is 1250.